The van der Waals surface area contributed by atoms with Crippen LogP contribution in [0.2, 0.25) is 0 Å². The Bertz CT molecular complexity index is 412. The van der Waals surface area contributed by atoms with E-state index in [0.29, 0.717) is 24.7 Å². The summed E-state index contributed by atoms with van der Waals surface area (Å²) in [6.45, 7) is 6.13. The van der Waals surface area contributed by atoms with Crippen LogP contribution in [0, 0.1) is 11.8 Å². The number of unbranched alkanes of at least 4 members (excludes halogenated alkanes) is 1. The van der Waals surface area contributed by atoms with E-state index < -0.39 is 0 Å². The summed E-state index contributed by atoms with van der Waals surface area (Å²) < 4.78 is 5.89. The fourth-order valence-electron chi connectivity index (χ4n) is 3.86. The molecule has 3 saturated heterocycles. The van der Waals surface area contributed by atoms with Gasteiger partial charge in [-0.1, -0.05) is 13.3 Å². The molecular weight excluding hydrogens is 268 g/mol. The van der Waals surface area contributed by atoms with Gasteiger partial charge in [0.25, 0.3) is 0 Å². The zero-order valence-electron chi connectivity index (χ0n) is 12.9. The number of carbonyl (C=O) groups is 2. The zero-order valence-corrected chi connectivity index (χ0v) is 12.9. The van der Waals surface area contributed by atoms with Crippen molar-refractivity contribution in [1.82, 2.24) is 9.80 Å². The van der Waals surface area contributed by atoms with Crippen molar-refractivity contribution < 1.29 is 14.3 Å². The summed E-state index contributed by atoms with van der Waals surface area (Å²) in [4.78, 5) is 27.9. The third-order valence-corrected chi connectivity index (χ3v) is 5.16. The molecule has 3 atom stereocenters. The van der Waals surface area contributed by atoms with E-state index in [1.54, 1.807) is 0 Å². The monoisotopic (exact) mass is 294 g/mol. The molecule has 3 fully saturated rings. The Morgan fingerprint density at radius 3 is 2.95 bits per heavy atom. The molecule has 0 aromatic rings. The molecule has 0 aromatic heterocycles. The average Bonchev–Trinajstić information content (AvgIpc) is 3.15. The van der Waals surface area contributed by atoms with Crippen LogP contribution in [0.3, 0.4) is 0 Å². The van der Waals surface area contributed by atoms with E-state index in [2.05, 4.69) is 6.92 Å². The van der Waals surface area contributed by atoms with Crippen molar-refractivity contribution in [2.24, 2.45) is 11.8 Å². The van der Waals surface area contributed by atoms with Crippen molar-refractivity contribution >= 4 is 11.8 Å². The maximum atomic E-state index is 12.1. The summed E-state index contributed by atoms with van der Waals surface area (Å²) in [6, 6.07) is 0. The Hall–Kier alpha value is -1.10. The van der Waals surface area contributed by atoms with Gasteiger partial charge in [-0.25, -0.2) is 0 Å². The van der Waals surface area contributed by atoms with Crippen molar-refractivity contribution in [2.45, 2.75) is 45.1 Å². The first kappa shape index (κ1) is 14.8. The maximum absolute atomic E-state index is 12.1. The first-order valence-corrected chi connectivity index (χ1v) is 8.36. The number of fused-ring (bicyclic) bond motifs is 1. The van der Waals surface area contributed by atoms with Gasteiger partial charge in [0.1, 0.15) is 0 Å². The summed E-state index contributed by atoms with van der Waals surface area (Å²) in [7, 11) is 0. The van der Waals surface area contributed by atoms with E-state index >= 15 is 0 Å². The SMILES string of the molecule is CCCCC(=O)N1C[C@@H]2[C@H](CN3CCCC3=O)CO[C@@H]2C1. The second-order valence-electron chi connectivity index (χ2n) is 6.64. The number of rotatable bonds is 5. The van der Waals surface area contributed by atoms with Crippen LogP contribution in [-0.4, -0.2) is 60.5 Å². The van der Waals surface area contributed by atoms with Gasteiger partial charge in [0.15, 0.2) is 0 Å². The van der Waals surface area contributed by atoms with Crippen molar-refractivity contribution in [3.05, 3.63) is 0 Å². The van der Waals surface area contributed by atoms with Gasteiger partial charge in [0.05, 0.1) is 12.7 Å². The van der Waals surface area contributed by atoms with Crippen LogP contribution in [0.25, 0.3) is 0 Å². The Morgan fingerprint density at radius 2 is 2.24 bits per heavy atom. The Balaban J connectivity index is 1.54. The third kappa shape index (κ3) is 3.07. The summed E-state index contributed by atoms with van der Waals surface area (Å²) in [5.74, 6) is 1.38. The van der Waals surface area contributed by atoms with E-state index in [1.807, 2.05) is 9.80 Å². The van der Waals surface area contributed by atoms with Crippen LogP contribution in [-0.2, 0) is 14.3 Å². The number of likely N-dealkylation sites (tertiary alicyclic amines) is 2. The Morgan fingerprint density at radius 1 is 1.38 bits per heavy atom. The molecule has 21 heavy (non-hydrogen) atoms. The van der Waals surface area contributed by atoms with Crippen LogP contribution in [0.1, 0.15) is 39.0 Å². The van der Waals surface area contributed by atoms with Gasteiger partial charge in [-0.05, 0) is 12.8 Å². The molecule has 0 N–H and O–H groups in total. The second kappa shape index (κ2) is 6.34. The maximum Gasteiger partial charge on any atom is 0.222 e. The third-order valence-electron chi connectivity index (χ3n) is 5.16. The lowest BCUT2D eigenvalue weighted by Gasteiger charge is -2.24. The lowest BCUT2D eigenvalue weighted by molar-refractivity contribution is -0.131. The van der Waals surface area contributed by atoms with Gasteiger partial charge in [-0.15, -0.1) is 0 Å². The van der Waals surface area contributed by atoms with Gasteiger partial charge >= 0.3 is 0 Å². The highest BCUT2D eigenvalue weighted by Crippen LogP contribution is 2.35. The summed E-state index contributed by atoms with van der Waals surface area (Å²) in [5.41, 5.74) is 0. The lowest BCUT2D eigenvalue weighted by Crippen LogP contribution is -2.36. The fourth-order valence-corrected chi connectivity index (χ4v) is 3.86. The number of carbonyl (C=O) groups excluding carboxylic acids is 2. The molecular formula is C16H26N2O3. The molecule has 3 rings (SSSR count). The van der Waals surface area contributed by atoms with Crippen LogP contribution >= 0.6 is 0 Å². The highest BCUT2D eigenvalue weighted by atomic mass is 16.5. The number of hydrogen-bond donors (Lipinski definition) is 0. The normalized spacial score (nSPS) is 32.0. The smallest absolute Gasteiger partial charge is 0.222 e. The molecule has 0 bridgehead atoms. The summed E-state index contributed by atoms with van der Waals surface area (Å²) in [5, 5.41) is 0. The molecule has 0 aromatic carbocycles. The largest absolute Gasteiger partial charge is 0.376 e. The molecule has 0 aliphatic carbocycles. The first-order valence-electron chi connectivity index (χ1n) is 8.36. The molecule has 5 heteroatoms. The minimum Gasteiger partial charge on any atom is -0.376 e. The zero-order chi connectivity index (χ0) is 14.8. The minimum atomic E-state index is 0.193. The molecule has 0 unspecified atom stereocenters. The van der Waals surface area contributed by atoms with Crippen molar-refractivity contribution in [3.63, 3.8) is 0 Å². The molecule has 3 aliphatic rings. The summed E-state index contributed by atoms with van der Waals surface area (Å²) >= 11 is 0. The van der Waals surface area contributed by atoms with Crippen molar-refractivity contribution in [1.29, 1.82) is 0 Å². The molecule has 3 aliphatic heterocycles. The van der Waals surface area contributed by atoms with E-state index in [0.717, 1.165) is 52.0 Å². The van der Waals surface area contributed by atoms with Gasteiger partial charge in [-0.2, -0.15) is 0 Å². The fraction of sp³-hybridized carbons (Fsp3) is 0.875. The number of hydrogen-bond acceptors (Lipinski definition) is 3. The van der Waals surface area contributed by atoms with Crippen LogP contribution in [0.15, 0.2) is 0 Å². The molecule has 0 radical (unpaired) electrons. The number of amides is 2. The van der Waals surface area contributed by atoms with E-state index in [9.17, 15) is 9.59 Å². The van der Waals surface area contributed by atoms with Crippen molar-refractivity contribution in [3.8, 4) is 0 Å². The van der Waals surface area contributed by atoms with E-state index in [4.69, 9.17) is 4.74 Å². The molecule has 118 valence electrons. The lowest BCUT2D eigenvalue weighted by atomic mass is 9.93. The van der Waals surface area contributed by atoms with Gasteiger partial charge in [-0.3, -0.25) is 9.59 Å². The van der Waals surface area contributed by atoms with Gasteiger partial charge in [0, 0.05) is 50.9 Å². The molecule has 5 nitrogen and oxygen atoms in total. The number of ether oxygens (including phenoxy) is 1. The highest BCUT2D eigenvalue weighted by Gasteiger charge is 2.45. The highest BCUT2D eigenvalue weighted by molar-refractivity contribution is 5.78. The molecule has 3 heterocycles. The van der Waals surface area contributed by atoms with Gasteiger partial charge in [0.2, 0.25) is 11.8 Å². The molecule has 2 amide bonds. The van der Waals surface area contributed by atoms with Crippen LogP contribution < -0.4 is 0 Å². The van der Waals surface area contributed by atoms with Crippen LogP contribution in [0.5, 0.6) is 0 Å². The Labute approximate surface area is 126 Å². The predicted molar refractivity (Wildman–Crippen MR) is 78.6 cm³/mol. The topological polar surface area (TPSA) is 49.9 Å². The predicted octanol–water partition coefficient (Wildman–Crippen LogP) is 1.27. The Kier molecular flexibility index (Phi) is 4.48. The van der Waals surface area contributed by atoms with Crippen LogP contribution in [0.4, 0.5) is 0 Å². The van der Waals surface area contributed by atoms with E-state index in [1.165, 1.54) is 0 Å². The molecule has 0 spiro atoms. The number of nitrogens with zero attached hydrogens (tertiary/aromatic N) is 2. The minimum absolute atomic E-state index is 0.193. The average molecular weight is 294 g/mol. The second-order valence-corrected chi connectivity index (χ2v) is 6.64. The molecule has 0 saturated carbocycles. The summed E-state index contributed by atoms with van der Waals surface area (Å²) in [6.07, 6.45) is 4.56. The standard InChI is InChI=1S/C16H26N2O3/c1-2-3-5-16(20)18-9-13-12(11-21-14(13)10-18)8-17-7-4-6-15(17)19/h12-14H,2-11H2,1H3/t12-,13-,14-/m1/s1. The first-order chi connectivity index (χ1) is 10.2. The quantitative estimate of drug-likeness (QED) is 0.767. The van der Waals surface area contributed by atoms with E-state index in [-0.39, 0.29) is 17.9 Å². The van der Waals surface area contributed by atoms with Gasteiger partial charge < -0.3 is 14.5 Å². The van der Waals surface area contributed by atoms with Crippen molar-refractivity contribution in [2.75, 3.05) is 32.8 Å².